The van der Waals surface area contributed by atoms with Crippen LogP contribution in [0.2, 0.25) is 0 Å². The van der Waals surface area contributed by atoms with Crippen LogP contribution in [0.15, 0.2) is 36.5 Å². The highest BCUT2D eigenvalue weighted by Crippen LogP contribution is 2.16. The Balaban J connectivity index is 1.65. The number of rotatable bonds is 4. The van der Waals surface area contributed by atoms with E-state index in [-0.39, 0.29) is 12.1 Å². The van der Waals surface area contributed by atoms with Crippen molar-refractivity contribution in [2.24, 2.45) is 0 Å². The summed E-state index contributed by atoms with van der Waals surface area (Å²) in [5, 5.41) is 3.52. The lowest BCUT2D eigenvalue weighted by atomic mass is 10.2. The molecular weight excluding hydrogens is 292 g/mol. The molecule has 0 aliphatic carbocycles. The summed E-state index contributed by atoms with van der Waals surface area (Å²) in [6.45, 7) is 4.15. The van der Waals surface area contributed by atoms with Crippen molar-refractivity contribution < 1.29 is 9.53 Å². The molecule has 1 aliphatic rings. The maximum absolute atomic E-state index is 11.5. The van der Waals surface area contributed by atoms with E-state index in [0.717, 1.165) is 36.7 Å². The van der Waals surface area contributed by atoms with Crippen molar-refractivity contribution in [2.45, 2.75) is 25.9 Å². The van der Waals surface area contributed by atoms with Crippen LogP contribution in [0.3, 0.4) is 0 Å². The zero-order valence-corrected chi connectivity index (χ0v) is 13.5. The Morgan fingerprint density at radius 3 is 2.91 bits per heavy atom. The van der Waals surface area contributed by atoms with E-state index in [1.165, 1.54) is 7.11 Å². The average molecular weight is 314 g/mol. The molecule has 0 unspecified atom stereocenters. The molecule has 6 nitrogen and oxygen atoms in total. The molecule has 1 amide bonds. The van der Waals surface area contributed by atoms with Crippen LogP contribution in [0.5, 0.6) is 0 Å². The van der Waals surface area contributed by atoms with Gasteiger partial charge in [0.25, 0.3) is 0 Å². The molecule has 2 aromatic rings. The van der Waals surface area contributed by atoms with Crippen molar-refractivity contribution in [1.29, 1.82) is 0 Å². The molecule has 1 N–H and O–H groups in total. The van der Waals surface area contributed by atoms with Gasteiger partial charge in [0.05, 0.1) is 19.0 Å². The number of nitrogens with one attached hydrogen (secondary N) is 1. The van der Waals surface area contributed by atoms with Gasteiger partial charge in [-0.05, 0) is 25.5 Å². The fraction of sp³-hybridized carbons (Fsp3) is 0.412. The van der Waals surface area contributed by atoms with Gasteiger partial charge in [0, 0.05) is 31.4 Å². The molecule has 1 aromatic carbocycles. The third-order valence-electron chi connectivity index (χ3n) is 4.22. The molecule has 1 saturated heterocycles. The lowest BCUT2D eigenvalue weighted by molar-refractivity contribution is 0.132. The molecule has 1 aliphatic heterocycles. The Hall–Kier alpha value is -2.34. The molecule has 1 aromatic heterocycles. The van der Waals surface area contributed by atoms with Gasteiger partial charge in [-0.3, -0.25) is 4.57 Å². The third-order valence-corrected chi connectivity index (χ3v) is 4.22. The number of para-hydroxylation sites is 1. The lowest BCUT2D eigenvalue weighted by Gasteiger charge is -2.16. The number of amides is 1. The first-order chi connectivity index (χ1) is 11.2. The fourth-order valence-electron chi connectivity index (χ4n) is 3.02. The van der Waals surface area contributed by atoms with Gasteiger partial charge < -0.3 is 15.0 Å². The van der Waals surface area contributed by atoms with Crippen molar-refractivity contribution in [3.05, 3.63) is 48.0 Å². The van der Waals surface area contributed by atoms with Crippen molar-refractivity contribution in [1.82, 2.24) is 19.8 Å². The van der Waals surface area contributed by atoms with Crippen molar-refractivity contribution in [2.75, 3.05) is 20.2 Å². The number of methoxy groups -OCH3 is 1. The Kier molecular flexibility index (Phi) is 4.62. The summed E-state index contributed by atoms with van der Waals surface area (Å²) < 4.78 is 6.92. The highest BCUT2D eigenvalue weighted by atomic mass is 16.5. The van der Waals surface area contributed by atoms with Crippen LogP contribution in [-0.4, -0.2) is 46.8 Å². The monoisotopic (exact) mass is 314 g/mol. The average Bonchev–Trinajstić information content (AvgIpc) is 3.19. The normalized spacial score (nSPS) is 17.5. The number of aryl methyl sites for hydroxylation is 1. The number of aromatic nitrogens is 2. The summed E-state index contributed by atoms with van der Waals surface area (Å²) in [5.41, 5.74) is 2.23. The van der Waals surface area contributed by atoms with Gasteiger partial charge in [-0.15, -0.1) is 0 Å². The van der Waals surface area contributed by atoms with E-state index < -0.39 is 0 Å². The van der Waals surface area contributed by atoms with E-state index in [2.05, 4.69) is 27.0 Å². The standard InChI is InChI=1S/C17H22N4O2/c1-13-18-10-16(21(13)15-6-4-3-5-7-15)11-19-14-8-9-20(12-14)17(22)23-2/h3-7,10,14,19H,8-9,11-12H2,1-2H3/t14-/m1/s1. The molecule has 122 valence electrons. The van der Waals surface area contributed by atoms with Gasteiger partial charge in [-0.25, -0.2) is 9.78 Å². The Morgan fingerprint density at radius 1 is 1.39 bits per heavy atom. The number of hydrogen-bond acceptors (Lipinski definition) is 4. The zero-order valence-electron chi connectivity index (χ0n) is 13.5. The quantitative estimate of drug-likeness (QED) is 0.939. The van der Waals surface area contributed by atoms with E-state index >= 15 is 0 Å². The zero-order chi connectivity index (χ0) is 16.2. The number of nitrogens with zero attached hydrogens (tertiary/aromatic N) is 3. The van der Waals surface area contributed by atoms with E-state index in [0.29, 0.717) is 6.54 Å². The molecule has 1 fully saturated rings. The second-order valence-electron chi connectivity index (χ2n) is 5.75. The smallest absolute Gasteiger partial charge is 0.409 e. The Morgan fingerprint density at radius 2 is 2.17 bits per heavy atom. The van der Waals surface area contributed by atoms with Crippen LogP contribution in [0.4, 0.5) is 4.79 Å². The van der Waals surface area contributed by atoms with Crippen LogP contribution in [0.25, 0.3) is 5.69 Å². The summed E-state index contributed by atoms with van der Waals surface area (Å²) in [6.07, 6.45) is 2.59. The van der Waals surface area contributed by atoms with Gasteiger partial charge in [-0.1, -0.05) is 18.2 Å². The largest absolute Gasteiger partial charge is 0.453 e. The number of imidazole rings is 1. The van der Waals surface area contributed by atoms with E-state index in [1.807, 2.05) is 31.3 Å². The SMILES string of the molecule is COC(=O)N1CC[C@@H](NCc2cnc(C)n2-c2ccccc2)C1. The summed E-state index contributed by atoms with van der Waals surface area (Å²) in [7, 11) is 1.42. The van der Waals surface area contributed by atoms with Gasteiger partial charge in [0.1, 0.15) is 5.82 Å². The minimum absolute atomic E-state index is 0.250. The van der Waals surface area contributed by atoms with E-state index in [1.54, 1.807) is 4.90 Å². The first-order valence-electron chi connectivity index (χ1n) is 7.84. The van der Waals surface area contributed by atoms with E-state index in [9.17, 15) is 4.79 Å². The number of carbonyl (C=O) groups is 1. The maximum atomic E-state index is 11.5. The van der Waals surface area contributed by atoms with Crippen molar-refractivity contribution >= 4 is 6.09 Å². The van der Waals surface area contributed by atoms with Gasteiger partial charge in [0.15, 0.2) is 0 Å². The Labute approximate surface area is 136 Å². The van der Waals surface area contributed by atoms with Crippen LogP contribution < -0.4 is 5.32 Å². The predicted molar refractivity (Wildman–Crippen MR) is 87.5 cm³/mol. The second-order valence-corrected chi connectivity index (χ2v) is 5.75. The van der Waals surface area contributed by atoms with Gasteiger partial charge in [-0.2, -0.15) is 0 Å². The fourth-order valence-corrected chi connectivity index (χ4v) is 3.02. The third kappa shape index (κ3) is 3.37. The number of ether oxygens (including phenoxy) is 1. The summed E-state index contributed by atoms with van der Waals surface area (Å²) in [5.74, 6) is 0.968. The van der Waals surface area contributed by atoms with Crippen molar-refractivity contribution in [3.8, 4) is 5.69 Å². The minimum Gasteiger partial charge on any atom is -0.453 e. The van der Waals surface area contributed by atoms with Crippen LogP contribution in [0, 0.1) is 6.92 Å². The molecule has 0 bridgehead atoms. The molecule has 0 spiro atoms. The summed E-state index contributed by atoms with van der Waals surface area (Å²) in [4.78, 5) is 17.7. The summed E-state index contributed by atoms with van der Waals surface area (Å²) >= 11 is 0. The lowest BCUT2D eigenvalue weighted by Crippen LogP contribution is -2.35. The molecule has 3 rings (SSSR count). The first kappa shape index (κ1) is 15.6. The first-order valence-corrected chi connectivity index (χ1v) is 7.84. The molecule has 6 heteroatoms. The molecule has 0 saturated carbocycles. The molecular formula is C17H22N4O2. The maximum Gasteiger partial charge on any atom is 0.409 e. The van der Waals surface area contributed by atoms with Crippen LogP contribution in [0.1, 0.15) is 17.9 Å². The van der Waals surface area contributed by atoms with E-state index in [4.69, 9.17) is 4.74 Å². The summed E-state index contributed by atoms with van der Waals surface area (Å²) in [6, 6.07) is 10.5. The number of likely N-dealkylation sites (tertiary alicyclic amines) is 1. The predicted octanol–water partition coefficient (Wildman–Crippen LogP) is 2.11. The van der Waals surface area contributed by atoms with Crippen LogP contribution in [-0.2, 0) is 11.3 Å². The number of benzene rings is 1. The van der Waals surface area contributed by atoms with Crippen molar-refractivity contribution in [3.63, 3.8) is 0 Å². The Bertz CT molecular complexity index is 668. The second kappa shape index (κ2) is 6.83. The highest BCUT2D eigenvalue weighted by Gasteiger charge is 2.26. The van der Waals surface area contributed by atoms with Crippen LogP contribution >= 0.6 is 0 Å². The molecule has 1 atom stereocenters. The minimum atomic E-state index is -0.250. The molecule has 0 radical (unpaired) electrons. The molecule has 2 heterocycles. The van der Waals surface area contributed by atoms with Gasteiger partial charge >= 0.3 is 6.09 Å². The van der Waals surface area contributed by atoms with Gasteiger partial charge in [0.2, 0.25) is 0 Å². The topological polar surface area (TPSA) is 59.4 Å². The molecule has 23 heavy (non-hydrogen) atoms. The number of carbonyl (C=O) groups excluding carboxylic acids is 1. The highest BCUT2D eigenvalue weighted by molar-refractivity contribution is 5.67. The number of hydrogen-bond donors (Lipinski definition) is 1.